The third-order valence-corrected chi connectivity index (χ3v) is 4.17. The van der Waals surface area contributed by atoms with Gasteiger partial charge in [-0.2, -0.15) is 0 Å². The second-order valence-electron chi connectivity index (χ2n) is 6.20. The van der Waals surface area contributed by atoms with Gasteiger partial charge in [-0.05, 0) is 44.9 Å². The van der Waals surface area contributed by atoms with Crippen LogP contribution in [0.5, 0.6) is 0 Å². The van der Waals surface area contributed by atoms with Crippen molar-refractivity contribution in [1.82, 2.24) is 0 Å². The van der Waals surface area contributed by atoms with Crippen LogP contribution in [0.2, 0.25) is 0 Å². The van der Waals surface area contributed by atoms with Gasteiger partial charge in [-0.25, -0.2) is 0 Å². The molecule has 0 spiro atoms. The fourth-order valence-electron chi connectivity index (χ4n) is 2.72. The molecule has 3 atom stereocenters. The first-order valence-corrected chi connectivity index (χ1v) is 7.58. The summed E-state index contributed by atoms with van der Waals surface area (Å²) in [6.07, 6.45) is 9.95. The minimum atomic E-state index is -0.419. The van der Waals surface area contributed by atoms with Gasteiger partial charge in [0.25, 0.3) is 0 Å². The van der Waals surface area contributed by atoms with Crippen LogP contribution in [0.1, 0.15) is 65.2 Å². The van der Waals surface area contributed by atoms with E-state index in [1.165, 1.54) is 32.1 Å². The number of rotatable bonds is 8. The zero-order valence-corrected chi connectivity index (χ0v) is 12.2. The van der Waals surface area contributed by atoms with Crippen molar-refractivity contribution >= 4 is 0 Å². The summed E-state index contributed by atoms with van der Waals surface area (Å²) in [5.74, 6) is 0.880. The Morgan fingerprint density at radius 3 is 2.78 bits per heavy atom. The highest BCUT2D eigenvalue weighted by molar-refractivity contribution is 4.77. The van der Waals surface area contributed by atoms with E-state index in [9.17, 15) is 0 Å². The third-order valence-electron chi connectivity index (χ3n) is 4.17. The van der Waals surface area contributed by atoms with Crippen molar-refractivity contribution in [3.8, 4) is 0 Å². The molecular weight excluding hydrogens is 226 g/mol. The molecular formula is C15H31NO2. The van der Waals surface area contributed by atoms with E-state index in [2.05, 4.69) is 6.92 Å². The monoisotopic (exact) mass is 257 g/mol. The molecule has 1 aliphatic rings. The topological polar surface area (TPSA) is 55.5 Å². The number of hydrogen-bond acceptors (Lipinski definition) is 3. The lowest BCUT2D eigenvalue weighted by molar-refractivity contribution is 0.0100. The van der Waals surface area contributed by atoms with Crippen molar-refractivity contribution < 1.29 is 9.84 Å². The number of aliphatic hydroxyl groups excluding tert-OH is 1. The Kier molecular flexibility index (Phi) is 7.20. The molecule has 0 aromatic carbocycles. The van der Waals surface area contributed by atoms with Crippen molar-refractivity contribution in [2.45, 2.75) is 76.9 Å². The third kappa shape index (κ3) is 6.17. The molecule has 0 saturated heterocycles. The highest BCUT2D eigenvalue weighted by Gasteiger charge is 2.21. The van der Waals surface area contributed by atoms with E-state index in [0.29, 0.717) is 6.10 Å². The summed E-state index contributed by atoms with van der Waals surface area (Å²) >= 11 is 0. The van der Waals surface area contributed by atoms with Crippen molar-refractivity contribution in [3.63, 3.8) is 0 Å². The predicted octanol–water partition coefficient (Wildman–Crippen LogP) is 2.85. The molecule has 3 N–H and O–H groups in total. The minimum absolute atomic E-state index is 0.0641. The molecule has 0 aliphatic heterocycles. The molecule has 0 radical (unpaired) electrons. The maximum Gasteiger partial charge on any atom is 0.0608 e. The molecule has 3 heteroatoms. The smallest absolute Gasteiger partial charge is 0.0608 e. The molecule has 0 bridgehead atoms. The Labute approximate surface area is 112 Å². The van der Waals surface area contributed by atoms with Crippen LogP contribution in [0.15, 0.2) is 0 Å². The number of unbranched alkanes of at least 4 members (excludes halogenated alkanes) is 1. The molecule has 1 rings (SSSR count). The highest BCUT2D eigenvalue weighted by atomic mass is 16.5. The molecule has 0 heterocycles. The molecule has 0 amide bonds. The highest BCUT2D eigenvalue weighted by Crippen LogP contribution is 2.28. The van der Waals surface area contributed by atoms with E-state index < -0.39 is 5.54 Å². The van der Waals surface area contributed by atoms with Gasteiger partial charge in [0.2, 0.25) is 0 Å². The summed E-state index contributed by atoms with van der Waals surface area (Å²) in [6.45, 7) is 5.10. The Morgan fingerprint density at radius 2 is 2.11 bits per heavy atom. The molecule has 1 saturated carbocycles. The first-order chi connectivity index (χ1) is 8.57. The summed E-state index contributed by atoms with van der Waals surface area (Å²) in [6, 6.07) is 0. The van der Waals surface area contributed by atoms with Crippen molar-refractivity contribution in [2.24, 2.45) is 11.7 Å². The zero-order valence-electron chi connectivity index (χ0n) is 12.2. The van der Waals surface area contributed by atoms with Crippen LogP contribution in [0, 0.1) is 5.92 Å². The molecule has 3 nitrogen and oxygen atoms in total. The lowest BCUT2D eigenvalue weighted by atomic mass is 9.85. The minimum Gasteiger partial charge on any atom is -0.394 e. The first kappa shape index (κ1) is 15.9. The van der Waals surface area contributed by atoms with Crippen LogP contribution >= 0.6 is 0 Å². The number of ether oxygens (including phenoxy) is 1. The van der Waals surface area contributed by atoms with Crippen molar-refractivity contribution in [2.75, 3.05) is 13.2 Å². The number of nitrogens with two attached hydrogens (primary N) is 1. The lowest BCUT2D eigenvalue weighted by Crippen LogP contribution is -2.40. The van der Waals surface area contributed by atoms with E-state index in [-0.39, 0.29) is 6.61 Å². The fraction of sp³-hybridized carbons (Fsp3) is 1.00. The van der Waals surface area contributed by atoms with Crippen LogP contribution < -0.4 is 5.73 Å². The summed E-state index contributed by atoms with van der Waals surface area (Å²) in [7, 11) is 0. The van der Waals surface area contributed by atoms with Gasteiger partial charge >= 0.3 is 0 Å². The van der Waals surface area contributed by atoms with Gasteiger partial charge < -0.3 is 15.6 Å². The Balaban J connectivity index is 2.04. The maximum atomic E-state index is 9.05. The van der Waals surface area contributed by atoms with E-state index in [4.69, 9.17) is 15.6 Å². The van der Waals surface area contributed by atoms with Crippen LogP contribution in [-0.2, 0) is 4.74 Å². The standard InChI is InChI=1S/C15H31NO2/c1-3-13-7-6-8-14(11-13)18-10-5-4-9-15(2,16)12-17/h13-14,17H,3-12,16H2,1-2H3. The van der Waals surface area contributed by atoms with Gasteiger partial charge in [0, 0.05) is 12.1 Å². The number of hydrogen-bond donors (Lipinski definition) is 2. The summed E-state index contributed by atoms with van der Waals surface area (Å²) < 4.78 is 5.96. The molecule has 1 aliphatic carbocycles. The van der Waals surface area contributed by atoms with Crippen molar-refractivity contribution in [3.05, 3.63) is 0 Å². The second kappa shape index (κ2) is 8.13. The maximum absolute atomic E-state index is 9.05. The first-order valence-electron chi connectivity index (χ1n) is 7.58. The van der Waals surface area contributed by atoms with Crippen LogP contribution in [0.25, 0.3) is 0 Å². The molecule has 1 fully saturated rings. The average molecular weight is 257 g/mol. The predicted molar refractivity (Wildman–Crippen MR) is 75.5 cm³/mol. The summed E-state index contributed by atoms with van der Waals surface area (Å²) in [5.41, 5.74) is 5.47. The number of aliphatic hydroxyl groups is 1. The second-order valence-corrected chi connectivity index (χ2v) is 6.20. The SMILES string of the molecule is CCC1CCCC(OCCCCC(C)(N)CO)C1. The van der Waals surface area contributed by atoms with E-state index in [1.807, 2.05) is 6.92 Å². The largest absolute Gasteiger partial charge is 0.394 e. The molecule has 0 aromatic rings. The molecule has 18 heavy (non-hydrogen) atoms. The molecule has 3 unspecified atom stereocenters. The summed E-state index contributed by atoms with van der Waals surface area (Å²) in [5, 5.41) is 9.05. The Morgan fingerprint density at radius 1 is 1.33 bits per heavy atom. The fourth-order valence-corrected chi connectivity index (χ4v) is 2.72. The van der Waals surface area contributed by atoms with Gasteiger partial charge in [0.1, 0.15) is 0 Å². The molecule has 108 valence electrons. The normalized spacial score (nSPS) is 28.0. The molecule has 0 aromatic heterocycles. The van der Waals surface area contributed by atoms with Gasteiger partial charge in [0.15, 0.2) is 0 Å². The van der Waals surface area contributed by atoms with Gasteiger partial charge in [-0.1, -0.05) is 26.2 Å². The summed E-state index contributed by atoms with van der Waals surface area (Å²) in [4.78, 5) is 0. The Hall–Kier alpha value is -0.120. The van der Waals surface area contributed by atoms with Gasteiger partial charge in [-0.15, -0.1) is 0 Å². The zero-order chi connectivity index (χ0) is 13.4. The van der Waals surface area contributed by atoms with E-state index >= 15 is 0 Å². The van der Waals surface area contributed by atoms with Crippen molar-refractivity contribution in [1.29, 1.82) is 0 Å². The Bertz CT molecular complexity index is 219. The average Bonchev–Trinajstić information content (AvgIpc) is 2.38. The lowest BCUT2D eigenvalue weighted by Gasteiger charge is -2.28. The quantitative estimate of drug-likeness (QED) is 0.657. The van der Waals surface area contributed by atoms with Crippen LogP contribution in [0.3, 0.4) is 0 Å². The van der Waals surface area contributed by atoms with E-state index in [0.717, 1.165) is 31.8 Å². The van der Waals surface area contributed by atoms with Crippen LogP contribution in [-0.4, -0.2) is 30.0 Å². The van der Waals surface area contributed by atoms with Gasteiger partial charge in [-0.3, -0.25) is 0 Å². The van der Waals surface area contributed by atoms with Gasteiger partial charge in [0.05, 0.1) is 12.7 Å². The van der Waals surface area contributed by atoms with Crippen LogP contribution in [0.4, 0.5) is 0 Å². The van der Waals surface area contributed by atoms with E-state index in [1.54, 1.807) is 0 Å².